The fraction of sp³-hybridized carbons (Fsp3) is 0.200. The summed E-state index contributed by atoms with van der Waals surface area (Å²) in [7, 11) is 0. The van der Waals surface area contributed by atoms with Crippen LogP contribution >= 0.6 is 11.6 Å². The quantitative estimate of drug-likeness (QED) is 0.594. The summed E-state index contributed by atoms with van der Waals surface area (Å²) in [5.74, 6) is -0.872. The van der Waals surface area contributed by atoms with Crippen LogP contribution in [0.2, 0.25) is 5.02 Å². The molecule has 0 bridgehead atoms. The number of hydrogen-bond donors (Lipinski definition) is 1. The second-order valence-electron chi connectivity index (χ2n) is 7.78. The average molecular weight is 420 g/mol. The number of carbonyl (C=O) groups excluding carboxylic acids is 2. The lowest BCUT2D eigenvalue weighted by Crippen LogP contribution is -2.41. The number of anilines is 1. The number of nitrogens with zero attached hydrogens (tertiary/aromatic N) is 1. The Bertz CT molecular complexity index is 1160. The van der Waals surface area contributed by atoms with Crippen LogP contribution in [0.15, 0.2) is 66.7 Å². The first kappa shape index (κ1) is 20.3. The van der Waals surface area contributed by atoms with E-state index in [9.17, 15) is 14.7 Å². The van der Waals surface area contributed by atoms with E-state index in [-0.39, 0.29) is 12.2 Å². The molecule has 1 unspecified atom stereocenters. The molecule has 1 amide bonds. The highest BCUT2D eigenvalue weighted by Gasteiger charge is 2.50. The maximum Gasteiger partial charge on any atom is 0.264 e. The summed E-state index contributed by atoms with van der Waals surface area (Å²) in [4.78, 5) is 27.9. The van der Waals surface area contributed by atoms with Crippen LogP contribution in [0.5, 0.6) is 0 Å². The number of carbonyl (C=O) groups is 2. The number of aryl methyl sites for hydroxylation is 2. The minimum absolute atomic E-state index is 0.297. The molecule has 1 heterocycles. The molecule has 0 radical (unpaired) electrons. The Morgan fingerprint density at radius 1 is 1.03 bits per heavy atom. The molecule has 0 saturated carbocycles. The van der Waals surface area contributed by atoms with E-state index in [2.05, 4.69) is 6.07 Å². The van der Waals surface area contributed by atoms with Crippen molar-refractivity contribution in [2.75, 3.05) is 4.90 Å². The lowest BCUT2D eigenvalue weighted by Gasteiger charge is -2.23. The summed E-state index contributed by atoms with van der Waals surface area (Å²) in [6.45, 7) is 4.35. The summed E-state index contributed by atoms with van der Waals surface area (Å²) in [5, 5.41) is 11.7. The van der Waals surface area contributed by atoms with E-state index in [1.165, 1.54) is 0 Å². The fourth-order valence-electron chi connectivity index (χ4n) is 4.04. The fourth-order valence-corrected chi connectivity index (χ4v) is 4.28. The second kappa shape index (κ2) is 7.71. The molecule has 0 aliphatic carbocycles. The maximum atomic E-state index is 13.4. The summed E-state index contributed by atoms with van der Waals surface area (Å²) in [6.07, 6.45) is -0.365. The van der Waals surface area contributed by atoms with Crippen molar-refractivity contribution in [3.63, 3.8) is 0 Å². The molecule has 1 aliphatic rings. The number of Topliss-reactive ketones (excluding diaryl/α,β-unsaturated/α-hetero) is 1. The number of para-hydroxylation sites is 1. The van der Waals surface area contributed by atoms with Gasteiger partial charge >= 0.3 is 0 Å². The van der Waals surface area contributed by atoms with Crippen molar-refractivity contribution < 1.29 is 14.7 Å². The van der Waals surface area contributed by atoms with Gasteiger partial charge in [-0.15, -0.1) is 0 Å². The average Bonchev–Trinajstić information content (AvgIpc) is 2.92. The number of fused-ring (bicyclic) bond motifs is 1. The summed E-state index contributed by atoms with van der Waals surface area (Å²) in [5.41, 5.74) is 2.65. The van der Waals surface area contributed by atoms with E-state index in [0.29, 0.717) is 28.4 Å². The molecular weight excluding hydrogens is 398 g/mol. The predicted molar refractivity (Wildman–Crippen MR) is 118 cm³/mol. The lowest BCUT2D eigenvalue weighted by atomic mass is 9.88. The Morgan fingerprint density at radius 2 is 1.73 bits per heavy atom. The van der Waals surface area contributed by atoms with Gasteiger partial charge in [0.05, 0.1) is 23.7 Å². The van der Waals surface area contributed by atoms with Gasteiger partial charge in [-0.1, -0.05) is 65.7 Å². The van der Waals surface area contributed by atoms with Gasteiger partial charge in [0.15, 0.2) is 11.4 Å². The minimum atomic E-state index is -1.93. The summed E-state index contributed by atoms with van der Waals surface area (Å²) >= 11 is 6.15. The van der Waals surface area contributed by atoms with E-state index >= 15 is 0 Å². The van der Waals surface area contributed by atoms with Crippen molar-refractivity contribution in [2.24, 2.45) is 0 Å². The molecular formula is C25H22ClNO3. The molecule has 0 aromatic heterocycles. The molecule has 1 atom stereocenters. The van der Waals surface area contributed by atoms with E-state index in [0.717, 1.165) is 16.7 Å². The van der Waals surface area contributed by atoms with Gasteiger partial charge in [0.25, 0.3) is 5.91 Å². The molecule has 0 fully saturated rings. The largest absolute Gasteiger partial charge is 0.375 e. The van der Waals surface area contributed by atoms with E-state index in [4.69, 9.17) is 11.6 Å². The maximum absolute atomic E-state index is 13.4. The van der Waals surface area contributed by atoms with Crippen LogP contribution in [0.3, 0.4) is 0 Å². The smallest absolute Gasteiger partial charge is 0.264 e. The van der Waals surface area contributed by atoms with Crippen LogP contribution in [0.25, 0.3) is 0 Å². The highest BCUT2D eigenvalue weighted by atomic mass is 35.5. The Hall–Kier alpha value is -2.95. The van der Waals surface area contributed by atoms with Gasteiger partial charge in [0, 0.05) is 11.1 Å². The number of hydrogen-bond acceptors (Lipinski definition) is 3. The van der Waals surface area contributed by atoms with Gasteiger partial charge in [0.2, 0.25) is 0 Å². The van der Waals surface area contributed by atoms with Crippen molar-refractivity contribution in [1.82, 2.24) is 0 Å². The van der Waals surface area contributed by atoms with Crippen LogP contribution in [-0.2, 0) is 16.9 Å². The van der Waals surface area contributed by atoms with Crippen LogP contribution < -0.4 is 4.90 Å². The number of aliphatic hydroxyl groups is 1. The zero-order valence-electron chi connectivity index (χ0n) is 16.9. The predicted octanol–water partition coefficient (Wildman–Crippen LogP) is 4.96. The Morgan fingerprint density at radius 3 is 2.47 bits per heavy atom. The topological polar surface area (TPSA) is 57.6 Å². The lowest BCUT2D eigenvalue weighted by molar-refractivity contribution is -0.136. The third-order valence-electron chi connectivity index (χ3n) is 5.66. The number of ketones is 1. The number of halogens is 1. The van der Waals surface area contributed by atoms with Crippen molar-refractivity contribution in [2.45, 2.75) is 32.4 Å². The number of rotatable bonds is 5. The van der Waals surface area contributed by atoms with Gasteiger partial charge in [-0.2, -0.15) is 0 Å². The van der Waals surface area contributed by atoms with E-state index in [1.54, 1.807) is 47.4 Å². The van der Waals surface area contributed by atoms with Gasteiger partial charge < -0.3 is 10.0 Å². The molecule has 30 heavy (non-hydrogen) atoms. The van der Waals surface area contributed by atoms with Crippen LogP contribution in [0, 0.1) is 13.8 Å². The Labute approximate surface area is 180 Å². The molecule has 4 nitrogen and oxygen atoms in total. The van der Waals surface area contributed by atoms with Crippen LogP contribution in [-0.4, -0.2) is 16.8 Å². The first-order valence-electron chi connectivity index (χ1n) is 9.79. The molecule has 4 rings (SSSR count). The highest BCUT2D eigenvalue weighted by molar-refractivity contribution is 6.34. The van der Waals surface area contributed by atoms with Gasteiger partial charge in [-0.05, 0) is 43.2 Å². The Kier molecular flexibility index (Phi) is 5.22. The third kappa shape index (κ3) is 3.42. The minimum Gasteiger partial charge on any atom is -0.375 e. The van der Waals surface area contributed by atoms with Crippen molar-refractivity contribution >= 4 is 29.0 Å². The zero-order chi connectivity index (χ0) is 21.5. The molecule has 152 valence electrons. The van der Waals surface area contributed by atoms with E-state index in [1.807, 2.05) is 32.0 Å². The first-order chi connectivity index (χ1) is 14.3. The molecule has 1 N–H and O–H groups in total. The van der Waals surface area contributed by atoms with Crippen molar-refractivity contribution in [3.8, 4) is 0 Å². The molecule has 0 saturated heterocycles. The van der Waals surface area contributed by atoms with Crippen molar-refractivity contribution in [1.29, 1.82) is 0 Å². The van der Waals surface area contributed by atoms with E-state index < -0.39 is 11.5 Å². The highest BCUT2D eigenvalue weighted by Crippen LogP contribution is 2.44. The molecule has 1 aliphatic heterocycles. The SMILES string of the molecule is Cc1ccc(CN2C(=O)C(O)(CC(=O)c3ccccc3Cl)c3ccccc32)c(C)c1. The van der Waals surface area contributed by atoms with Crippen molar-refractivity contribution in [3.05, 3.63) is 99.6 Å². The standard InChI is InChI=1S/C25H22ClNO3/c1-16-11-12-18(17(2)13-16)15-27-22-10-6-4-8-20(22)25(30,24(27)29)14-23(28)19-7-3-5-9-21(19)26/h3-13,30H,14-15H2,1-2H3. The first-order valence-corrected chi connectivity index (χ1v) is 10.2. The monoisotopic (exact) mass is 419 g/mol. The third-order valence-corrected chi connectivity index (χ3v) is 5.99. The van der Waals surface area contributed by atoms with Crippen LogP contribution in [0.1, 0.15) is 39.0 Å². The Balaban J connectivity index is 1.70. The van der Waals surface area contributed by atoms with Crippen LogP contribution in [0.4, 0.5) is 5.69 Å². The molecule has 3 aromatic rings. The summed E-state index contributed by atoms with van der Waals surface area (Å²) in [6, 6.07) is 19.8. The van der Waals surface area contributed by atoms with Gasteiger partial charge in [-0.25, -0.2) is 0 Å². The van der Waals surface area contributed by atoms with Gasteiger partial charge in [-0.3, -0.25) is 9.59 Å². The molecule has 0 spiro atoms. The summed E-state index contributed by atoms with van der Waals surface area (Å²) < 4.78 is 0. The molecule has 3 aromatic carbocycles. The van der Waals surface area contributed by atoms with Gasteiger partial charge in [0.1, 0.15) is 0 Å². The number of benzene rings is 3. The normalized spacial score (nSPS) is 17.9. The second-order valence-corrected chi connectivity index (χ2v) is 8.19. The number of amides is 1. The molecule has 5 heteroatoms. The zero-order valence-corrected chi connectivity index (χ0v) is 17.6.